The highest BCUT2D eigenvalue weighted by atomic mass is 32.1. The zero-order valence-electron chi connectivity index (χ0n) is 22.0. The van der Waals surface area contributed by atoms with Gasteiger partial charge < -0.3 is 15.0 Å². The van der Waals surface area contributed by atoms with Crippen molar-refractivity contribution in [3.63, 3.8) is 0 Å². The highest BCUT2D eigenvalue weighted by molar-refractivity contribution is 7.12. The maximum Gasteiger partial charge on any atom is 0.338 e. The molecule has 1 fully saturated rings. The van der Waals surface area contributed by atoms with Crippen molar-refractivity contribution in [3.05, 3.63) is 69.1 Å². The van der Waals surface area contributed by atoms with E-state index in [1.165, 1.54) is 16.9 Å². The molecule has 198 valence electrons. The second kappa shape index (κ2) is 11.9. The minimum atomic E-state index is -0.591. The number of nitrogens with zero attached hydrogens (tertiary/aromatic N) is 3. The van der Waals surface area contributed by atoms with Crippen LogP contribution in [-0.4, -0.2) is 78.5 Å². The van der Waals surface area contributed by atoms with Crippen LogP contribution in [0.5, 0.6) is 0 Å². The highest BCUT2D eigenvalue weighted by Crippen LogP contribution is 2.33. The molecule has 3 heterocycles. The number of carbonyl (C=O) groups is 3. The van der Waals surface area contributed by atoms with Gasteiger partial charge in [0.05, 0.1) is 23.1 Å². The van der Waals surface area contributed by atoms with Crippen LogP contribution in [0.1, 0.15) is 60.5 Å². The maximum atomic E-state index is 13.3. The summed E-state index contributed by atoms with van der Waals surface area (Å²) in [5.74, 6) is 0.0187. The van der Waals surface area contributed by atoms with Gasteiger partial charge in [0, 0.05) is 45.0 Å². The topological polar surface area (TPSA) is 82.2 Å². The molecule has 0 saturated carbocycles. The first-order valence-electron chi connectivity index (χ1n) is 13.0. The van der Waals surface area contributed by atoms with Crippen LogP contribution in [0.2, 0.25) is 0 Å². The Labute approximate surface area is 222 Å². The van der Waals surface area contributed by atoms with Crippen LogP contribution in [0.3, 0.4) is 0 Å². The molecule has 1 aromatic heterocycles. The third-order valence-electron chi connectivity index (χ3n) is 6.95. The van der Waals surface area contributed by atoms with Crippen LogP contribution in [-0.2, 0) is 9.53 Å². The number of esters is 1. The summed E-state index contributed by atoms with van der Waals surface area (Å²) in [5.41, 5.74) is 3.18. The van der Waals surface area contributed by atoms with Crippen molar-refractivity contribution < 1.29 is 19.1 Å². The Balaban J connectivity index is 1.61. The van der Waals surface area contributed by atoms with Gasteiger partial charge in [0.1, 0.15) is 0 Å². The lowest BCUT2D eigenvalue weighted by Crippen LogP contribution is -2.53. The fraction of sp³-hybridized carbons (Fsp3) is 0.464. The van der Waals surface area contributed by atoms with Crippen LogP contribution in [0.4, 0.5) is 4.79 Å². The monoisotopic (exact) mass is 524 g/mol. The van der Waals surface area contributed by atoms with Gasteiger partial charge >= 0.3 is 12.0 Å². The molecule has 0 aliphatic carbocycles. The van der Waals surface area contributed by atoms with E-state index in [1.807, 2.05) is 53.6 Å². The van der Waals surface area contributed by atoms with Gasteiger partial charge in [-0.2, -0.15) is 0 Å². The summed E-state index contributed by atoms with van der Waals surface area (Å²) >= 11 is 1.45. The van der Waals surface area contributed by atoms with Crippen LogP contribution >= 0.6 is 11.3 Å². The van der Waals surface area contributed by atoms with E-state index in [0.717, 1.165) is 10.4 Å². The number of likely N-dealkylation sites (N-methyl/N-ethyl adjacent to an activating group) is 1. The van der Waals surface area contributed by atoms with E-state index < -0.39 is 12.0 Å². The van der Waals surface area contributed by atoms with Crippen molar-refractivity contribution in [2.24, 2.45) is 0 Å². The molecule has 1 aromatic carbocycles. The van der Waals surface area contributed by atoms with Crippen LogP contribution in [0, 0.1) is 0 Å². The molecule has 0 unspecified atom stereocenters. The predicted molar refractivity (Wildman–Crippen MR) is 145 cm³/mol. The number of nitrogens with one attached hydrogen (secondary N) is 1. The van der Waals surface area contributed by atoms with Crippen LogP contribution in [0.25, 0.3) is 0 Å². The number of hydrogen-bond donors (Lipinski definition) is 1. The predicted octanol–water partition coefficient (Wildman–Crippen LogP) is 4.23. The molecule has 8 nitrogen and oxygen atoms in total. The van der Waals surface area contributed by atoms with E-state index in [9.17, 15) is 14.4 Å². The molecule has 0 radical (unpaired) electrons. The Morgan fingerprint density at radius 1 is 1.08 bits per heavy atom. The normalized spacial score (nSPS) is 18.8. The average molecular weight is 525 g/mol. The first-order chi connectivity index (χ1) is 17.8. The van der Waals surface area contributed by atoms with E-state index in [4.69, 9.17) is 4.74 Å². The van der Waals surface area contributed by atoms with Crippen molar-refractivity contribution in [3.8, 4) is 0 Å². The number of urea groups is 1. The molecule has 37 heavy (non-hydrogen) atoms. The molecule has 1 saturated heterocycles. The van der Waals surface area contributed by atoms with Crippen molar-refractivity contribution in [1.29, 1.82) is 0 Å². The van der Waals surface area contributed by atoms with Crippen molar-refractivity contribution in [1.82, 2.24) is 20.0 Å². The molecule has 2 aliphatic heterocycles. The lowest BCUT2D eigenvalue weighted by atomic mass is 9.92. The fourth-order valence-corrected chi connectivity index (χ4v) is 5.55. The summed E-state index contributed by atoms with van der Waals surface area (Å²) in [4.78, 5) is 45.7. The molecule has 2 aliphatic rings. The van der Waals surface area contributed by atoms with Gasteiger partial charge in [-0.3, -0.25) is 14.6 Å². The zero-order chi connectivity index (χ0) is 26.5. The number of piperazine rings is 1. The minimum Gasteiger partial charge on any atom is -0.463 e. The first kappa shape index (κ1) is 26.9. The third-order valence-corrected chi connectivity index (χ3v) is 7.81. The molecule has 0 spiro atoms. The summed E-state index contributed by atoms with van der Waals surface area (Å²) in [7, 11) is 0. The Kier molecular flexibility index (Phi) is 8.66. The second-order valence-electron chi connectivity index (χ2n) is 9.57. The second-order valence-corrected chi connectivity index (χ2v) is 10.5. The largest absolute Gasteiger partial charge is 0.463 e. The zero-order valence-corrected chi connectivity index (χ0v) is 22.8. The van der Waals surface area contributed by atoms with Gasteiger partial charge in [0.15, 0.2) is 0 Å². The van der Waals surface area contributed by atoms with E-state index in [0.29, 0.717) is 56.5 Å². The number of carbonyl (C=O) groups excluding carboxylic acids is 3. The van der Waals surface area contributed by atoms with Crippen molar-refractivity contribution in [2.75, 3.05) is 45.9 Å². The molecule has 1 atom stereocenters. The van der Waals surface area contributed by atoms with E-state index in [1.54, 1.807) is 11.8 Å². The number of hydrogen-bond acceptors (Lipinski definition) is 6. The standard InChI is InChI=1S/C28H36N4O4S/c1-5-32-22(18-30-13-15-31(16-14-30)26(33)23-8-7-17-37-23)24(27(34)36-6-2)25(29-28(32)35)21-11-9-20(10-12-21)19(3)4/h7-12,17,19,25H,5-6,13-16,18H2,1-4H3,(H,29,35)/t25-/m0/s1. The van der Waals surface area contributed by atoms with Crippen molar-refractivity contribution in [2.45, 2.75) is 39.7 Å². The van der Waals surface area contributed by atoms with E-state index >= 15 is 0 Å². The molecule has 2 aromatic rings. The van der Waals surface area contributed by atoms with Gasteiger partial charge in [-0.1, -0.05) is 44.2 Å². The molecule has 9 heteroatoms. The maximum absolute atomic E-state index is 13.3. The highest BCUT2D eigenvalue weighted by Gasteiger charge is 2.38. The van der Waals surface area contributed by atoms with Gasteiger partial charge in [-0.25, -0.2) is 9.59 Å². The van der Waals surface area contributed by atoms with E-state index in [2.05, 4.69) is 24.1 Å². The number of rotatable bonds is 8. The molecule has 3 amide bonds. The first-order valence-corrected chi connectivity index (χ1v) is 13.8. The molecule has 0 bridgehead atoms. The summed E-state index contributed by atoms with van der Waals surface area (Å²) in [5, 5.41) is 4.94. The van der Waals surface area contributed by atoms with Crippen LogP contribution < -0.4 is 5.32 Å². The lowest BCUT2D eigenvalue weighted by Gasteiger charge is -2.40. The van der Waals surface area contributed by atoms with Crippen molar-refractivity contribution >= 4 is 29.2 Å². The Morgan fingerprint density at radius 3 is 2.35 bits per heavy atom. The third kappa shape index (κ3) is 5.88. The molecule has 4 rings (SSSR count). The lowest BCUT2D eigenvalue weighted by molar-refractivity contribution is -0.139. The number of benzene rings is 1. The summed E-state index contributed by atoms with van der Waals surface area (Å²) in [6.45, 7) is 11.6. The van der Waals surface area contributed by atoms with Gasteiger partial charge in [-0.05, 0) is 42.3 Å². The Morgan fingerprint density at radius 2 is 1.78 bits per heavy atom. The number of thiophene rings is 1. The minimum absolute atomic E-state index is 0.0539. The quantitative estimate of drug-likeness (QED) is 0.523. The SMILES string of the molecule is CCOC(=O)C1=C(CN2CCN(C(=O)c3cccs3)CC2)N(CC)C(=O)N[C@H]1c1ccc(C(C)C)cc1. The Bertz CT molecular complexity index is 1140. The molecule has 1 N–H and O–H groups in total. The van der Waals surface area contributed by atoms with Gasteiger partial charge in [-0.15, -0.1) is 11.3 Å². The Hall–Kier alpha value is -3.17. The van der Waals surface area contributed by atoms with Crippen LogP contribution in [0.15, 0.2) is 53.0 Å². The number of ether oxygens (including phenoxy) is 1. The average Bonchev–Trinajstić information content (AvgIpc) is 3.44. The van der Waals surface area contributed by atoms with Gasteiger partial charge in [0.25, 0.3) is 5.91 Å². The molecular weight excluding hydrogens is 488 g/mol. The summed E-state index contributed by atoms with van der Waals surface area (Å²) in [6.07, 6.45) is 0. The van der Waals surface area contributed by atoms with Gasteiger partial charge in [0.2, 0.25) is 0 Å². The summed E-state index contributed by atoms with van der Waals surface area (Å²) < 4.78 is 5.49. The summed E-state index contributed by atoms with van der Waals surface area (Å²) in [6, 6.07) is 11.0. The van der Waals surface area contributed by atoms with E-state index in [-0.39, 0.29) is 18.5 Å². The number of amides is 3. The molecular formula is C28H36N4O4S. The fourth-order valence-electron chi connectivity index (χ4n) is 4.86. The smallest absolute Gasteiger partial charge is 0.338 e.